The van der Waals surface area contributed by atoms with Crippen LogP contribution in [0, 0.1) is 5.82 Å². The Morgan fingerprint density at radius 2 is 1.85 bits per heavy atom. The lowest BCUT2D eigenvalue weighted by atomic mass is 10.3. The molecule has 0 amide bonds. The summed E-state index contributed by atoms with van der Waals surface area (Å²) in [6.07, 6.45) is 3.55. The Balaban J connectivity index is 1.67. The monoisotopic (exact) mass is 374 g/mol. The van der Waals surface area contributed by atoms with Crippen LogP contribution in [0.15, 0.2) is 36.7 Å². The van der Waals surface area contributed by atoms with E-state index >= 15 is 0 Å². The van der Waals surface area contributed by atoms with Crippen molar-refractivity contribution in [1.82, 2.24) is 19.9 Å². The topological polar surface area (TPSA) is 110 Å². The van der Waals surface area contributed by atoms with Gasteiger partial charge in [-0.3, -0.25) is 0 Å². The summed E-state index contributed by atoms with van der Waals surface area (Å²) in [7, 11) is -3.02. The van der Waals surface area contributed by atoms with Crippen LogP contribution in [0.1, 0.15) is 6.42 Å². The van der Waals surface area contributed by atoms with E-state index in [0.29, 0.717) is 29.1 Å². The first-order chi connectivity index (χ1) is 12.5. The molecular weight excluding hydrogens is 359 g/mol. The predicted octanol–water partition coefficient (Wildman–Crippen LogP) is 1.90. The lowest BCUT2D eigenvalue weighted by Gasteiger charge is -2.13. The Bertz CT molecular complexity index is 1060. The van der Waals surface area contributed by atoms with E-state index in [9.17, 15) is 12.8 Å². The number of nitrogens with one attached hydrogen (secondary N) is 2. The van der Waals surface area contributed by atoms with Crippen molar-refractivity contribution in [3.05, 3.63) is 42.5 Å². The summed E-state index contributed by atoms with van der Waals surface area (Å²) in [4.78, 5) is 17.2. The van der Waals surface area contributed by atoms with Gasteiger partial charge in [-0.25, -0.2) is 22.8 Å². The van der Waals surface area contributed by atoms with E-state index in [1.54, 1.807) is 12.1 Å². The molecule has 134 valence electrons. The molecule has 0 spiro atoms. The van der Waals surface area contributed by atoms with Crippen LogP contribution < -0.4 is 10.6 Å². The molecule has 0 radical (unpaired) electrons. The van der Waals surface area contributed by atoms with Crippen molar-refractivity contribution >= 4 is 38.5 Å². The maximum absolute atomic E-state index is 13.1. The van der Waals surface area contributed by atoms with Crippen LogP contribution in [0.5, 0.6) is 0 Å². The average Bonchev–Trinajstić information content (AvgIpc) is 2.95. The summed E-state index contributed by atoms with van der Waals surface area (Å²) in [5, 5.41) is 6.13. The van der Waals surface area contributed by atoms with Crippen molar-refractivity contribution in [3.63, 3.8) is 0 Å². The molecule has 3 aromatic rings. The van der Waals surface area contributed by atoms with Gasteiger partial charge in [0.15, 0.2) is 26.8 Å². The van der Waals surface area contributed by atoms with Gasteiger partial charge < -0.3 is 10.6 Å². The Labute approximate surface area is 148 Å². The molecule has 2 N–H and O–H groups in total. The first-order valence-corrected chi connectivity index (χ1v) is 9.79. The van der Waals surface area contributed by atoms with E-state index in [2.05, 4.69) is 30.6 Å². The van der Waals surface area contributed by atoms with E-state index in [4.69, 9.17) is 0 Å². The molecule has 2 aromatic heterocycles. The number of sulfone groups is 1. The Morgan fingerprint density at radius 1 is 1.08 bits per heavy atom. The molecule has 1 aliphatic rings. The summed E-state index contributed by atoms with van der Waals surface area (Å²) >= 11 is 0. The second-order valence-electron chi connectivity index (χ2n) is 6.00. The minimum atomic E-state index is -3.02. The minimum Gasteiger partial charge on any atom is -0.350 e. The van der Waals surface area contributed by atoms with Crippen molar-refractivity contribution in [1.29, 1.82) is 0 Å². The highest BCUT2D eigenvalue weighted by atomic mass is 32.2. The number of aromatic nitrogens is 4. The standard InChI is InChI=1S/C16H15FN6O2S/c17-10-1-3-11(4-2-10)20-15-13-14(19-7-6-18-13)22-16(23-15)21-12-5-8-26(24,25)9-12/h1-4,6-7,12H,5,8-9H2,(H2,19,20,21,22,23)/t12-/m0/s1. The number of hydrogen-bond donors (Lipinski definition) is 2. The van der Waals surface area contributed by atoms with Crippen LogP contribution in [-0.2, 0) is 9.84 Å². The fourth-order valence-electron chi connectivity index (χ4n) is 2.78. The van der Waals surface area contributed by atoms with E-state index in [1.165, 1.54) is 24.5 Å². The molecule has 0 bridgehead atoms. The second kappa shape index (κ2) is 6.45. The third kappa shape index (κ3) is 3.54. The van der Waals surface area contributed by atoms with Crippen LogP contribution in [0.4, 0.5) is 21.8 Å². The molecule has 8 nitrogen and oxygen atoms in total. The SMILES string of the molecule is O=S1(=O)CC[C@H](Nc2nc(Nc3ccc(F)cc3)c3nccnc3n2)C1. The maximum Gasteiger partial charge on any atom is 0.227 e. The van der Waals surface area contributed by atoms with Crippen LogP contribution in [-0.4, -0.2) is 45.9 Å². The zero-order valence-corrected chi connectivity index (χ0v) is 14.4. The van der Waals surface area contributed by atoms with Crippen LogP contribution in [0.25, 0.3) is 11.2 Å². The summed E-state index contributed by atoms with van der Waals surface area (Å²) in [6, 6.07) is 5.58. The maximum atomic E-state index is 13.1. The second-order valence-corrected chi connectivity index (χ2v) is 8.23. The van der Waals surface area contributed by atoms with Gasteiger partial charge in [-0.05, 0) is 30.7 Å². The largest absolute Gasteiger partial charge is 0.350 e. The first-order valence-electron chi connectivity index (χ1n) is 7.97. The summed E-state index contributed by atoms with van der Waals surface area (Å²) < 4.78 is 36.4. The summed E-state index contributed by atoms with van der Waals surface area (Å²) in [5.74, 6) is 0.532. The molecular formula is C16H15FN6O2S. The molecule has 3 heterocycles. The quantitative estimate of drug-likeness (QED) is 0.713. The molecule has 1 saturated heterocycles. The molecule has 4 rings (SSSR count). The smallest absolute Gasteiger partial charge is 0.227 e. The number of anilines is 3. The van der Waals surface area contributed by atoms with Gasteiger partial charge in [-0.2, -0.15) is 9.97 Å². The highest BCUT2D eigenvalue weighted by Gasteiger charge is 2.28. The van der Waals surface area contributed by atoms with Gasteiger partial charge in [0, 0.05) is 24.1 Å². The number of fused-ring (bicyclic) bond motifs is 1. The molecule has 1 fully saturated rings. The molecule has 0 unspecified atom stereocenters. The fraction of sp³-hybridized carbons (Fsp3) is 0.250. The van der Waals surface area contributed by atoms with Crippen LogP contribution >= 0.6 is 0 Å². The number of benzene rings is 1. The predicted molar refractivity (Wildman–Crippen MR) is 95.5 cm³/mol. The van der Waals surface area contributed by atoms with E-state index < -0.39 is 9.84 Å². The van der Waals surface area contributed by atoms with E-state index in [0.717, 1.165) is 0 Å². The van der Waals surface area contributed by atoms with Gasteiger partial charge in [0.1, 0.15) is 5.82 Å². The van der Waals surface area contributed by atoms with Crippen molar-refractivity contribution in [3.8, 4) is 0 Å². The number of hydrogen-bond acceptors (Lipinski definition) is 8. The van der Waals surface area contributed by atoms with Gasteiger partial charge >= 0.3 is 0 Å². The highest BCUT2D eigenvalue weighted by Crippen LogP contribution is 2.24. The van der Waals surface area contributed by atoms with Gasteiger partial charge in [0.2, 0.25) is 5.95 Å². The third-order valence-electron chi connectivity index (χ3n) is 4.01. The molecule has 1 atom stereocenters. The number of halogens is 1. The van der Waals surface area contributed by atoms with Gasteiger partial charge in [-0.15, -0.1) is 0 Å². The van der Waals surface area contributed by atoms with Gasteiger partial charge in [-0.1, -0.05) is 0 Å². The normalized spacial score (nSPS) is 18.7. The molecule has 1 aromatic carbocycles. The summed E-state index contributed by atoms with van der Waals surface area (Å²) in [6.45, 7) is 0. The Morgan fingerprint density at radius 3 is 2.58 bits per heavy atom. The van der Waals surface area contributed by atoms with E-state index in [1.807, 2.05) is 0 Å². The van der Waals surface area contributed by atoms with Crippen molar-refractivity contribution in [2.45, 2.75) is 12.5 Å². The van der Waals surface area contributed by atoms with Crippen LogP contribution in [0.3, 0.4) is 0 Å². The lowest BCUT2D eigenvalue weighted by Crippen LogP contribution is -2.22. The average molecular weight is 374 g/mol. The summed E-state index contributed by atoms with van der Waals surface area (Å²) in [5.41, 5.74) is 1.46. The minimum absolute atomic E-state index is 0.0512. The number of rotatable bonds is 4. The van der Waals surface area contributed by atoms with E-state index in [-0.39, 0.29) is 29.3 Å². The van der Waals surface area contributed by atoms with Crippen molar-refractivity contribution in [2.24, 2.45) is 0 Å². The lowest BCUT2D eigenvalue weighted by molar-refractivity contribution is 0.602. The zero-order valence-electron chi connectivity index (χ0n) is 13.6. The third-order valence-corrected chi connectivity index (χ3v) is 5.77. The molecule has 1 aliphatic heterocycles. The molecule has 0 saturated carbocycles. The van der Waals surface area contributed by atoms with Crippen molar-refractivity contribution < 1.29 is 12.8 Å². The fourth-order valence-corrected chi connectivity index (χ4v) is 4.45. The highest BCUT2D eigenvalue weighted by molar-refractivity contribution is 7.91. The van der Waals surface area contributed by atoms with Crippen molar-refractivity contribution in [2.75, 3.05) is 22.1 Å². The van der Waals surface area contributed by atoms with Gasteiger partial charge in [0.05, 0.1) is 11.5 Å². The Kier molecular flexibility index (Phi) is 4.11. The van der Waals surface area contributed by atoms with Gasteiger partial charge in [0.25, 0.3) is 0 Å². The number of nitrogens with zero attached hydrogens (tertiary/aromatic N) is 4. The Hall–Kier alpha value is -2.88. The zero-order chi connectivity index (χ0) is 18.1. The molecule has 26 heavy (non-hydrogen) atoms. The first kappa shape index (κ1) is 16.6. The molecule has 0 aliphatic carbocycles. The van der Waals surface area contributed by atoms with Crippen LogP contribution in [0.2, 0.25) is 0 Å². The molecule has 10 heteroatoms.